The number of rotatable bonds is 6. The second-order valence-corrected chi connectivity index (χ2v) is 5.39. The molecule has 0 spiro atoms. The summed E-state index contributed by atoms with van der Waals surface area (Å²) in [6, 6.07) is 0. The molecule has 0 saturated carbocycles. The van der Waals surface area contributed by atoms with Gasteiger partial charge in [0.05, 0.1) is 24.1 Å². The van der Waals surface area contributed by atoms with Crippen molar-refractivity contribution in [2.45, 2.75) is 52.9 Å². The predicted octanol–water partition coefficient (Wildman–Crippen LogP) is 1.88. The molecule has 0 aliphatic carbocycles. The number of aryl methyl sites for hydroxylation is 1. The molecule has 0 fully saturated rings. The third-order valence-electron chi connectivity index (χ3n) is 2.50. The fourth-order valence-electron chi connectivity index (χ4n) is 1.48. The fraction of sp³-hybridized carbons (Fsp3) is 0.615. The first-order chi connectivity index (χ1) is 8.70. The third-order valence-corrected chi connectivity index (χ3v) is 2.50. The molecule has 0 radical (unpaired) electrons. The van der Waals surface area contributed by atoms with Crippen LogP contribution in [0.25, 0.3) is 0 Å². The van der Waals surface area contributed by atoms with Gasteiger partial charge in [-0.25, -0.2) is 4.79 Å². The third kappa shape index (κ3) is 4.82. The smallest absolute Gasteiger partial charge is 0.339 e. The van der Waals surface area contributed by atoms with E-state index in [0.717, 1.165) is 0 Å². The molecule has 1 rings (SSSR count). The molecule has 19 heavy (non-hydrogen) atoms. The van der Waals surface area contributed by atoms with Crippen molar-refractivity contribution >= 4 is 11.8 Å². The lowest BCUT2D eigenvalue weighted by molar-refractivity contribution is -0.117. The second-order valence-electron chi connectivity index (χ2n) is 5.39. The minimum absolute atomic E-state index is 0.0371. The minimum Gasteiger partial charge on any atom is -0.478 e. The Balaban J connectivity index is 2.91. The van der Waals surface area contributed by atoms with Crippen LogP contribution >= 0.6 is 0 Å². The summed E-state index contributed by atoms with van der Waals surface area (Å²) in [5.41, 5.74) is 0.238. The van der Waals surface area contributed by atoms with E-state index < -0.39 is 5.97 Å². The highest BCUT2D eigenvalue weighted by atomic mass is 16.5. The number of aromatic carboxylic acids is 1. The Morgan fingerprint density at radius 2 is 2.05 bits per heavy atom. The molecule has 106 valence electrons. The lowest BCUT2D eigenvalue weighted by Gasteiger charge is -2.20. The maximum absolute atomic E-state index is 11.1. The number of nitrogens with zero attached hydrogens (tertiary/aromatic N) is 2. The van der Waals surface area contributed by atoms with Crippen molar-refractivity contribution in [2.75, 3.05) is 0 Å². The number of carboxylic acid groups (broad SMARTS) is 1. The van der Waals surface area contributed by atoms with Crippen molar-refractivity contribution in [1.29, 1.82) is 0 Å². The van der Waals surface area contributed by atoms with Crippen molar-refractivity contribution in [3.05, 3.63) is 17.5 Å². The Morgan fingerprint density at radius 3 is 2.53 bits per heavy atom. The number of carbonyl (C=O) groups excluding carboxylic acids is 1. The quantitative estimate of drug-likeness (QED) is 0.851. The Kier molecular flexibility index (Phi) is 4.83. The molecule has 1 heterocycles. The summed E-state index contributed by atoms with van der Waals surface area (Å²) in [5.74, 6) is -1.00. The van der Waals surface area contributed by atoms with Crippen LogP contribution in [0.5, 0.6) is 0 Å². The lowest BCUT2D eigenvalue weighted by atomic mass is 10.2. The molecule has 0 saturated heterocycles. The molecular formula is C13H20N2O4. The van der Waals surface area contributed by atoms with Gasteiger partial charge in [-0.2, -0.15) is 5.10 Å². The average molecular weight is 268 g/mol. The summed E-state index contributed by atoms with van der Waals surface area (Å²) in [4.78, 5) is 22.1. The van der Waals surface area contributed by atoms with Gasteiger partial charge in [-0.1, -0.05) is 0 Å². The van der Waals surface area contributed by atoms with Crippen molar-refractivity contribution in [3.63, 3.8) is 0 Å². The van der Waals surface area contributed by atoms with Crippen molar-refractivity contribution < 1.29 is 19.4 Å². The zero-order valence-corrected chi connectivity index (χ0v) is 11.8. The van der Waals surface area contributed by atoms with Crippen LogP contribution in [0.1, 0.15) is 50.2 Å². The first kappa shape index (κ1) is 15.4. The Morgan fingerprint density at radius 1 is 1.42 bits per heavy atom. The van der Waals surface area contributed by atoms with Crippen LogP contribution in [-0.2, 0) is 22.7 Å². The van der Waals surface area contributed by atoms with Crippen LogP contribution in [0.3, 0.4) is 0 Å². The van der Waals surface area contributed by atoms with Gasteiger partial charge in [-0.3, -0.25) is 9.48 Å². The fourth-order valence-corrected chi connectivity index (χ4v) is 1.48. The van der Waals surface area contributed by atoms with Crippen molar-refractivity contribution in [2.24, 2.45) is 0 Å². The van der Waals surface area contributed by atoms with E-state index in [1.54, 1.807) is 0 Å². The number of carbonyl (C=O) groups is 2. The van der Waals surface area contributed by atoms with Gasteiger partial charge in [0.25, 0.3) is 0 Å². The number of hydrogen-bond acceptors (Lipinski definition) is 4. The molecule has 1 aromatic heterocycles. The van der Waals surface area contributed by atoms with E-state index in [1.165, 1.54) is 17.8 Å². The first-order valence-electron chi connectivity index (χ1n) is 6.12. The Hall–Kier alpha value is -1.69. The predicted molar refractivity (Wildman–Crippen MR) is 69.0 cm³/mol. The van der Waals surface area contributed by atoms with Crippen LogP contribution in [0.15, 0.2) is 6.20 Å². The Bertz CT molecular complexity index is 471. The monoisotopic (exact) mass is 268 g/mol. The molecular weight excluding hydrogens is 248 g/mol. The van der Waals surface area contributed by atoms with Gasteiger partial charge >= 0.3 is 5.97 Å². The van der Waals surface area contributed by atoms with Crippen molar-refractivity contribution in [3.8, 4) is 0 Å². The molecule has 0 unspecified atom stereocenters. The number of carboxylic acids is 1. The zero-order valence-electron chi connectivity index (χ0n) is 11.8. The summed E-state index contributed by atoms with van der Waals surface area (Å²) >= 11 is 0. The van der Waals surface area contributed by atoms with Crippen LogP contribution in [0.2, 0.25) is 0 Å². The highest BCUT2D eigenvalue weighted by Gasteiger charge is 2.19. The van der Waals surface area contributed by atoms with E-state index in [1.807, 2.05) is 20.8 Å². The van der Waals surface area contributed by atoms with Gasteiger partial charge in [-0.15, -0.1) is 0 Å². The lowest BCUT2D eigenvalue weighted by Crippen LogP contribution is -2.21. The molecule has 0 aliphatic heterocycles. The largest absolute Gasteiger partial charge is 0.478 e. The summed E-state index contributed by atoms with van der Waals surface area (Å²) in [5, 5.41) is 13.1. The maximum atomic E-state index is 11.1. The highest BCUT2D eigenvalue weighted by molar-refractivity contribution is 5.88. The molecule has 0 bridgehead atoms. The van der Waals surface area contributed by atoms with Crippen LogP contribution < -0.4 is 0 Å². The molecule has 0 aromatic carbocycles. The topological polar surface area (TPSA) is 81.4 Å². The molecule has 0 amide bonds. The van der Waals surface area contributed by atoms with Crippen LogP contribution in [0.4, 0.5) is 0 Å². The van der Waals surface area contributed by atoms with E-state index in [-0.39, 0.29) is 23.6 Å². The zero-order chi connectivity index (χ0) is 14.6. The SMILES string of the molecule is CC(=O)CCn1ncc(C(=O)O)c1COC(C)(C)C. The molecule has 0 atom stereocenters. The van der Waals surface area contributed by atoms with Gasteiger partial charge in [0.2, 0.25) is 0 Å². The van der Waals surface area contributed by atoms with Gasteiger partial charge in [0.1, 0.15) is 11.3 Å². The van der Waals surface area contributed by atoms with E-state index >= 15 is 0 Å². The van der Waals surface area contributed by atoms with E-state index in [0.29, 0.717) is 18.7 Å². The first-order valence-corrected chi connectivity index (χ1v) is 6.12. The molecule has 1 aromatic rings. The molecule has 6 heteroatoms. The molecule has 6 nitrogen and oxygen atoms in total. The number of aromatic nitrogens is 2. The number of hydrogen-bond donors (Lipinski definition) is 1. The standard InChI is InChI=1S/C13H20N2O4/c1-9(16)5-6-15-11(8-19-13(2,3)4)10(7-14-15)12(17)18/h7H,5-6,8H2,1-4H3,(H,17,18). The average Bonchev–Trinajstić information content (AvgIpc) is 2.65. The Labute approximate surface area is 112 Å². The summed E-state index contributed by atoms with van der Waals surface area (Å²) in [7, 11) is 0. The minimum atomic E-state index is -1.04. The number of ketones is 1. The normalized spacial score (nSPS) is 11.6. The molecule has 0 aliphatic rings. The van der Waals surface area contributed by atoms with Crippen molar-refractivity contribution in [1.82, 2.24) is 9.78 Å². The molecule has 1 N–H and O–H groups in total. The second kappa shape index (κ2) is 5.97. The summed E-state index contributed by atoms with van der Waals surface area (Å²) in [6.07, 6.45) is 1.62. The van der Waals surface area contributed by atoms with Crippen LogP contribution in [0, 0.1) is 0 Å². The highest BCUT2D eigenvalue weighted by Crippen LogP contribution is 2.16. The van der Waals surface area contributed by atoms with Gasteiger partial charge < -0.3 is 9.84 Å². The van der Waals surface area contributed by atoms with Gasteiger partial charge in [-0.05, 0) is 27.7 Å². The summed E-state index contributed by atoms with van der Waals surface area (Å²) < 4.78 is 7.13. The van der Waals surface area contributed by atoms with Gasteiger partial charge in [0.15, 0.2) is 0 Å². The number of Topliss-reactive ketones (excluding diaryl/α,β-unsaturated/α-hetero) is 1. The van der Waals surface area contributed by atoms with E-state index in [2.05, 4.69) is 5.10 Å². The van der Waals surface area contributed by atoms with E-state index in [4.69, 9.17) is 9.84 Å². The van der Waals surface area contributed by atoms with Crippen LogP contribution in [-0.4, -0.2) is 32.2 Å². The number of ether oxygens (including phenoxy) is 1. The van der Waals surface area contributed by atoms with E-state index in [9.17, 15) is 9.59 Å². The van der Waals surface area contributed by atoms with Gasteiger partial charge in [0, 0.05) is 13.0 Å². The maximum Gasteiger partial charge on any atom is 0.339 e. The summed E-state index contributed by atoms with van der Waals surface area (Å²) in [6.45, 7) is 7.69.